The van der Waals surface area contributed by atoms with Crippen molar-refractivity contribution >= 4 is 11.6 Å². The van der Waals surface area contributed by atoms with Gasteiger partial charge in [0.1, 0.15) is 0 Å². The minimum absolute atomic E-state index is 0.149. The topological polar surface area (TPSA) is 79.5 Å². The SMILES string of the molecule is C[C@@H](O)c1ccc(N(C)CC(N)=O)cn1. The maximum atomic E-state index is 10.7. The zero-order valence-corrected chi connectivity index (χ0v) is 8.84. The quantitative estimate of drug-likeness (QED) is 0.734. The van der Waals surface area contributed by atoms with Crippen molar-refractivity contribution in [2.75, 3.05) is 18.5 Å². The van der Waals surface area contributed by atoms with E-state index < -0.39 is 12.0 Å². The highest BCUT2D eigenvalue weighted by molar-refractivity contribution is 5.79. The summed E-state index contributed by atoms with van der Waals surface area (Å²) in [7, 11) is 1.75. The number of anilines is 1. The number of rotatable bonds is 4. The Hall–Kier alpha value is -1.62. The Labute approximate surface area is 88.5 Å². The van der Waals surface area contributed by atoms with E-state index in [4.69, 9.17) is 5.73 Å². The highest BCUT2D eigenvalue weighted by Crippen LogP contribution is 2.14. The van der Waals surface area contributed by atoms with Gasteiger partial charge in [-0.15, -0.1) is 0 Å². The van der Waals surface area contributed by atoms with E-state index in [-0.39, 0.29) is 6.54 Å². The molecule has 1 heterocycles. The van der Waals surface area contributed by atoms with Gasteiger partial charge < -0.3 is 15.7 Å². The van der Waals surface area contributed by atoms with Gasteiger partial charge in [0.25, 0.3) is 0 Å². The number of amides is 1. The van der Waals surface area contributed by atoms with Crippen LogP contribution < -0.4 is 10.6 Å². The first-order chi connectivity index (χ1) is 7.00. The van der Waals surface area contributed by atoms with E-state index >= 15 is 0 Å². The monoisotopic (exact) mass is 209 g/mol. The maximum Gasteiger partial charge on any atom is 0.236 e. The zero-order valence-electron chi connectivity index (χ0n) is 8.84. The van der Waals surface area contributed by atoms with Crippen molar-refractivity contribution in [1.29, 1.82) is 0 Å². The number of aromatic nitrogens is 1. The second-order valence-electron chi connectivity index (χ2n) is 3.44. The number of nitrogens with two attached hydrogens (primary N) is 1. The van der Waals surface area contributed by atoms with Crippen LogP contribution in [0.25, 0.3) is 0 Å². The van der Waals surface area contributed by atoms with Gasteiger partial charge in [-0.25, -0.2) is 0 Å². The third kappa shape index (κ3) is 3.21. The van der Waals surface area contributed by atoms with Gasteiger partial charge in [-0.2, -0.15) is 0 Å². The predicted molar refractivity (Wildman–Crippen MR) is 57.3 cm³/mol. The van der Waals surface area contributed by atoms with Crippen molar-refractivity contribution in [1.82, 2.24) is 4.98 Å². The smallest absolute Gasteiger partial charge is 0.236 e. The molecule has 5 nitrogen and oxygen atoms in total. The predicted octanol–water partition coefficient (Wildman–Crippen LogP) is 0.0564. The molecule has 1 aromatic rings. The van der Waals surface area contributed by atoms with E-state index in [0.717, 1.165) is 5.69 Å². The van der Waals surface area contributed by atoms with Crippen LogP contribution in [0, 0.1) is 0 Å². The fourth-order valence-corrected chi connectivity index (χ4v) is 1.20. The first-order valence-electron chi connectivity index (χ1n) is 4.64. The number of hydrogen-bond acceptors (Lipinski definition) is 4. The molecule has 1 atom stereocenters. The van der Waals surface area contributed by atoms with Gasteiger partial charge in [-0.1, -0.05) is 0 Å². The lowest BCUT2D eigenvalue weighted by Crippen LogP contribution is -2.30. The zero-order chi connectivity index (χ0) is 11.4. The largest absolute Gasteiger partial charge is 0.387 e. The third-order valence-corrected chi connectivity index (χ3v) is 2.03. The van der Waals surface area contributed by atoms with Crippen LogP contribution in [0.15, 0.2) is 18.3 Å². The summed E-state index contributed by atoms with van der Waals surface area (Å²) in [6.45, 7) is 1.80. The van der Waals surface area contributed by atoms with Crippen molar-refractivity contribution in [2.24, 2.45) is 5.73 Å². The first-order valence-corrected chi connectivity index (χ1v) is 4.64. The molecule has 3 N–H and O–H groups in total. The van der Waals surface area contributed by atoms with Gasteiger partial charge in [0.15, 0.2) is 0 Å². The van der Waals surface area contributed by atoms with E-state index in [0.29, 0.717) is 5.69 Å². The number of aliphatic hydroxyl groups excluding tert-OH is 1. The number of carbonyl (C=O) groups is 1. The number of pyridine rings is 1. The summed E-state index contributed by atoms with van der Waals surface area (Å²) in [6, 6.07) is 3.51. The Morgan fingerprint density at radius 3 is 2.73 bits per heavy atom. The molecule has 1 rings (SSSR count). The van der Waals surface area contributed by atoms with Crippen LogP contribution in [0.4, 0.5) is 5.69 Å². The summed E-state index contributed by atoms with van der Waals surface area (Å²) >= 11 is 0. The van der Waals surface area contributed by atoms with Crippen molar-refractivity contribution in [3.63, 3.8) is 0 Å². The third-order valence-electron chi connectivity index (χ3n) is 2.03. The van der Waals surface area contributed by atoms with E-state index in [1.807, 2.05) is 0 Å². The van der Waals surface area contributed by atoms with Crippen molar-refractivity contribution < 1.29 is 9.90 Å². The van der Waals surface area contributed by atoms with Gasteiger partial charge in [-0.05, 0) is 19.1 Å². The highest BCUT2D eigenvalue weighted by atomic mass is 16.3. The van der Waals surface area contributed by atoms with E-state index in [1.54, 1.807) is 37.2 Å². The Bertz CT molecular complexity index is 335. The summed E-state index contributed by atoms with van der Waals surface area (Å²) in [5, 5.41) is 9.25. The number of likely N-dealkylation sites (N-methyl/N-ethyl adjacent to an activating group) is 1. The summed E-state index contributed by atoms with van der Waals surface area (Å²) < 4.78 is 0. The number of nitrogens with zero attached hydrogens (tertiary/aromatic N) is 2. The van der Waals surface area contributed by atoms with E-state index in [9.17, 15) is 9.90 Å². The number of hydrogen-bond donors (Lipinski definition) is 2. The first kappa shape index (κ1) is 11.5. The van der Waals surface area contributed by atoms with Gasteiger partial charge in [0, 0.05) is 7.05 Å². The van der Waals surface area contributed by atoms with Crippen LogP contribution in [-0.4, -0.2) is 29.6 Å². The molecule has 0 aliphatic rings. The van der Waals surface area contributed by atoms with E-state index in [1.165, 1.54) is 0 Å². The number of primary amides is 1. The fraction of sp³-hybridized carbons (Fsp3) is 0.400. The van der Waals surface area contributed by atoms with Gasteiger partial charge >= 0.3 is 0 Å². The second kappa shape index (κ2) is 4.75. The maximum absolute atomic E-state index is 10.7. The van der Waals surface area contributed by atoms with Crippen molar-refractivity contribution in [3.05, 3.63) is 24.0 Å². The molecule has 5 heteroatoms. The van der Waals surface area contributed by atoms with Crippen molar-refractivity contribution in [3.8, 4) is 0 Å². The van der Waals surface area contributed by atoms with Crippen LogP contribution >= 0.6 is 0 Å². The fourth-order valence-electron chi connectivity index (χ4n) is 1.20. The Morgan fingerprint density at radius 2 is 2.33 bits per heavy atom. The molecule has 0 aromatic carbocycles. The average Bonchev–Trinajstić information content (AvgIpc) is 2.17. The Balaban J connectivity index is 2.75. The minimum atomic E-state index is -0.583. The molecule has 0 spiro atoms. The Morgan fingerprint density at radius 1 is 1.67 bits per heavy atom. The molecule has 0 bridgehead atoms. The van der Waals surface area contributed by atoms with Crippen molar-refractivity contribution in [2.45, 2.75) is 13.0 Å². The van der Waals surface area contributed by atoms with Crippen LogP contribution in [0.5, 0.6) is 0 Å². The molecule has 0 unspecified atom stereocenters. The molecular weight excluding hydrogens is 194 g/mol. The van der Waals surface area contributed by atoms with Gasteiger partial charge in [0.2, 0.25) is 5.91 Å². The van der Waals surface area contributed by atoms with Gasteiger partial charge in [0.05, 0.1) is 30.2 Å². The Kier molecular flexibility index (Phi) is 3.62. The molecule has 0 aliphatic carbocycles. The normalized spacial score (nSPS) is 12.2. The molecule has 15 heavy (non-hydrogen) atoms. The summed E-state index contributed by atoms with van der Waals surface area (Å²) in [4.78, 5) is 16.4. The summed E-state index contributed by atoms with van der Waals surface area (Å²) in [5.41, 5.74) is 6.46. The van der Waals surface area contributed by atoms with E-state index in [2.05, 4.69) is 4.98 Å². The second-order valence-corrected chi connectivity index (χ2v) is 3.44. The molecule has 0 aliphatic heterocycles. The molecular formula is C10H15N3O2. The lowest BCUT2D eigenvalue weighted by molar-refractivity contribution is -0.116. The number of carbonyl (C=O) groups excluding carboxylic acids is 1. The van der Waals surface area contributed by atoms with Crippen LogP contribution in [0.1, 0.15) is 18.7 Å². The van der Waals surface area contributed by atoms with Gasteiger partial charge in [-0.3, -0.25) is 9.78 Å². The molecule has 1 amide bonds. The molecule has 0 radical (unpaired) electrons. The molecule has 1 aromatic heterocycles. The molecule has 0 saturated carbocycles. The van der Waals surface area contributed by atoms with Crippen LogP contribution in [0.2, 0.25) is 0 Å². The summed E-state index contributed by atoms with van der Waals surface area (Å²) in [5.74, 6) is -0.392. The highest BCUT2D eigenvalue weighted by Gasteiger charge is 2.06. The molecule has 0 fully saturated rings. The lowest BCUT2D eigenvalue weighted by Gasteiger charge is -2.17. The molecule has 0 saturated heterocycles. The minimum Gasteiger partial charge on any atom is -0.387 e. The lowest BCUT2D eigenvalue weighted by atomic mass is 10.2. The van der Waals surface area contributed by atoms with Crippen LogP contribution in [-0.2, 0) is 4.79 Å². The average molecular weight is 209 g/mol. The number of aliphatic hydroxyl groups is 1. The summed E-state index contributed by atoms with van der Waals surface area (Å²) in [6.07, 6.45) is 1.02. The standard InChI is InChI=1S/C10H15N3O2/c1-7(14)9-4-3-8(5-12-9)13(2)6-10(11)15/h3-5,7,14H,6H2,1-2H3,(H2,11,15)/t7-/m1/s1. The van der Waals surface area contributed by atoms with Crippen LogP contribution in [0.3, 0.4) is 0 Å². The molecule has 82 valence electrons.